The van der Waals surface area contributed by atoms with Crippen LogP contribution in [0.15, 0.2) is 40.2 Å². The monoisotopic (exact) mass is 276 g/mol. The molecule has 1 aromatic rings. The Balaban J connectivity index is 2.17. The number of benzene rings is 1. The third-order valence-electron chi connectivity index (χ3n) is 2.36. The molecule has 1 aliphatic heterocycles. The molecule has 0 aliphatic carbocycles. The van der Waals surface area contributed by atoms with E-state index in [1.807, 2.05) is 30.3 Å². The van der Waals surface area contributed by atoms with E-state index in [0.29, 0.717) is 18.1 Å². The summed E-state index contributed by atoms with van der Waals surface area (Å²) in [5.74, 6) is -1.18. The summed E-state index contributed by atoms with van der Waals surface area (Å²) in [5, 5.41) is 12.1. The SMILES string of the molecule is O=C1CCN=C(S/C(=C/c2ccccc2)C(=O)O)N1. The molecule has 1 aliphatic rings. The Hall–Kier alpha value is -2.08. The number of hydrogen-bond donors (Lipinski definition) is 2. The van der Waals surface area contributed by atoms with E-state index in [1.165, 1.54) is 0 Å². The van der Waals surface area contributed by atoms with Gasteiger partial charge in [0, 0.05) is 6.42 Å². The Bertz CT molecular complexity index is 552. The van der Waals surface area contributed by atoms with Gasteiger partial charge in [0.2, 0.25) is 5.91 Å². The first kappa shape index (κ1) is 13.4. The van der Waals surface area contributed by atoms with Gasteiger partial charge < -0.3 is 10.4 Å². The number of thioether (sulfide) groups is 1. The summed E-state index contributed by atoms with van der Waals surface area (Å²) >= 11 is 0.952. The van der Waals surface area contributed by atoms with Crippen molar-refractivity contribution in [3.8, 4) is 0 Å². The highest BCUT2D eigenvalue weighted by molar-refractivity contribution is 8.18. The smallest absolute Gasteiger partial charge is 0.342 e. The second-order valence-corrected chi connectivity index (χ2v) is 4.84. The first-order valence-corrected chi connectivity index (χ1v) is 6.49. The molecule has 0 saturated carbocycles. The summed E-state index contributed by atoms with van der Waals surface area (Å²) in [6.07, 6.45) is 1.89. The van der Waals surface area contributed by atoms with Gasteiger partial charge in [-0.25, -0.2) is 4.79 Å². The standard InChI is InChI=1S/C13H12N2O3S/c16-11-6-7-14-13(15-11)19-10(12(17)18)8-9-4-2-1-3-5-9/h1-5,8H,6-7H2,(H,17,18)(H,14,15,16)/b10-8+. The van der Waals surface area contributed by atoms with Gasteiger partial charge in [-0.05, 0) is 23.4 Å². The van der Waals surface area contributed by atoms with Crippen LogP contribution in [0.2, 0.25) is 0 Å². The quantitative estimate of drug-likeness (QED) is 0.824. The number of aliphatic carboxylic acids is 1. The number of hydrogen-bond acceptors (Lipinski definition) is 4. The number of nitrogens with zero attached hydrogens (tertiary/aromatic N) is 1. The van der Waals surface area contributed by atoms with Gasteiger partial charge in [0.05, 0.1) is 6.54 Å². The van der Waals surface area contributed by atoms with Crippen molar-refractivity contribution in [1.82, 2.24) is 5.32 Å². The topological polar surface area (TPSA) is 78.8 Å². The van der Waals surface area contributed by atoms with E-state index in [0.717, 1.165) is 17.3 Å². The van der Waals surface area contributed by atoms with Gasteiger partial charge in [-0.15, -0.1) is 0 Å². The van der Waals surface area contributed by atoms with E-state index in [1.54, 1.807) is 6.08 Å². The molecule has 0 spiro atoms. The number of amidine groups is 1. The Morgan fingerprint density at radius 3 is 2.74 bits per heavy atom. The van der Waals surface area contributed by atoms with E-state index in [-0.39, 0.29) is 10.8 Å². The zero-order chi connectivity index (χ0) is 13.7. The largest absolute Gasteiger partial charge is 0.477 e. The van der Waals surface area contributed by atoms with E-state index >= 15 is 0 Å². The molecule has 1 aromatic carbocycles. The fourth-order valence-electron chi connectivity index (χ4n) is 1.48. The summed E-state index contributed by atoms with van der Waals surface area (Å²) in [7, 11) is 0. The van der Waals surface area contributed by atoms with E-state index < -0.39 is 5.97 Å². The summed E-state index contributed by atoms with van der Waals surface area (Å²) in [5.41, 5.74) is 0.787. The molecule has 0 unspecified atom stereocenters. The summed E-state index contributed by atoms with van der Waals surface area (Å²) < 4.78 is 0. The van der Waals surface area contributed by atoms with Crippen LogP contribution in [0.1, 0.15) is 12.0 Å². The van der Waals surface area contributed by atoms with Gasteiger partial charge in [0.15, 0.2) is 5.17 Å². The fraction of sp³-hybridized carbons (Fsp3) is 0.154. The lowest BCUT2D eigenvalue weighted by atomic mass is 10.2. The number of carbonyl (C=O) groups is 2. The Kier molecular flexibility index (Phi) is 4.35. The van der Waals surface area contributed by atoms with Crippen LogP contribution < -0.4 is 5.32 Å². The molecule has 1 heterocycles. The predicted octanol–water partition coefficient (Wildman–Crippen LogP) is 1.72. The molecule has 0 atom stereocenters. The van der Waals surface area contributed by atoms with Crippen molar-refractivity contribution in [2.45, 2.75) is 6.42 Å². The molecule has 2 N–H and O–H groups in total. The van der Waals surface area contributed by atoms with Crippen LogP contribution in [0.4, 0.5) is 0 Å². The molecule has 0 aromatic heterocycles. The molecule has 6 heteroatoms. The maximum absolute atomic E-state index is 11.2. The molecule has 0 fully saturated rings. The zero-order valence-corrected chi connectivity index (χ0v) is 10.8. The summed E-state index contributed by atoms with van der Waals surface area (Å²) in [4.78, 5) is 26.6. The number of aliphatic imine (C=N–C) groups is 1. The lowest BCUT2D eigenvalue weighted by Crippen LogP contribution is -2.33. The minimum atomic E-state index is -1.05. The van der Waals surface area contributed by atoms with E-state index in [9.17, 15) is 14.7 Å². The van der Waals surface area contributed by atoms with Crippen LogP contribution in [0.3, 0.4) is 0 Å². The molecule has 0 bridgehead atoms. The molecule has 5 nitrogen and oxygen atoms in total. The number of carboxylic acid groups (broad SMARTS) is 1. The van der Waals surface area contributed by atoms with Gasteiger partial charge in [0.25, 0.3) is 0 Å². The Morgan fingerprint density at radius 1 is 1.37 bits per heavy atom. The number of amides is 1. The highest BCUT2D eigenvalue weighted by Crippen LogP contribution is 2.21. The second-order valence-electron chi connectivity index (χ2n) is 3.81. The molecule has 0 radical (unpaired) electrons. The average Bonchev–Trinajstić information content (AvgIpc) is 2.39. The van der Waals surface area contributed by atoms with Crippen molar-refractivity contribution in [2.75, 3.05) is 6.54 Å². The molecule has 19 heavy (non-hydrogen) atoms. The van der Waals surface area contributed by atoms with Crippen molar-refractivity contribution in [3.63, 3.8) is 0 Å². The van der Waals surface area contributed by atoms with Crippen molar-refractivity contribution in [3.05, 3.63) is 40.8 Å². The lowest BCUT2D eigenvalue weighted by molar-refractivity contribution is -0.131. The van der Waals surface area contributed by atoms with Crippen molar-refractivity contribution in [1.29, 1.82) is 0 Å². The van der Waals surface area contributed by atoms with E-state index in [2.05, 4.69) is 10.3 Å². The number of carboxylic acids is 1. The third kappa shape index (κ3) is 3.96. The minimum Gasteiger partial charge on any atom is -0.477 e. The summed E-state index contributed by atoms with van der Waals surface area (Å²) in [6, 6.07) is 9.14. The van der Waals surface area contributed by atoms with Crippen molar-refractivity contribution in [2.24, 2.45) is 4.99 Å². The first-order valence-electron chi connectivity index (χ1n) is 5.67. The van der Waals surface area contributed by atoms with Crippen LogP contribution in [0.5, 0.6) is 0 Å². The third-order valence-corrected chi connectivity index (χ3v) is 3.29. The van der Waals surface area contributed by atoms with Gasteiger partial charge in [-0.1, -0.05) is 30.3 Å². The first-order chi connectivity index (χ1) is 9.15. The molecule has 0 saturated heterocycles. The maximum atomic E-state index is 11.2. The molecule has 1 amide bonds. The Labute approximate surface area is 114 Å². The van der Waals surface area contributed by atoms with Gasteiger partial charge >= 0.3 is 5.97 Å². The normalized spacial score (nSPS) is 15.7. The van der Waals surface area contributed by atoms with Crippen molar-refractivity contribution >= 4 is 34.9 Å². The van der Waals surface area contributed by atoms with Crippen molar-refractivity contribution < 1.29 is 14.7 Å². The highest BCUT2D eigenvalue weighted by Gasteiger charge is 2.17. The van der Waals surface area contributed by atoms with Crippen LogP contribution in [0.25, 0.3) is 6.08 Å². The second kappa shape index (κ2) is 6.19. The lowest BCUT2D eigenvalue weighted by Gasteiger charge is -2.12. The maximum Gasteiger partial charge on any atom is 0.342 e. The Morgan fingerprint density at radius 2 is 2.11 bits per heavy atom. The molecular formula is C13H12N2O3S. The van der Waals surface area contributed by atoms with Gasteiger partial charge in [-0.3, -0.25) is 9.79 Å². The number of nitrogens with one attached hydrogen (secondary N) is 1. The highest BCUT2D eigenvalue weighted by atomic mass is 32.2. The van der Waals surface area contributed by atoms with Crippen LogP contribution in [-0.4, -0.2) is 28.7 Å². The average molecular weight is 276 g/mol. The molecular weight excluding hydrogens is 264 g/mol. The number of rotatable bonds is 3. The zero-order valence-electron chi connectivity index (χ0n) is 10.00. The van der Waals surface area contributed by atoms with Gasteiger partial charge in [-0.2, -0.15) is 0 Å². The van der Waals surface area contributed by atoms with E-state index in [4.69, 9.17) is 0 Å². The molecule has 98 valence electrons. The van der Waals surface area contributed by atoms with Crippen LogP contribution in [-0.2, 0) is 9.59 Å². The predicted molar refractivity (Wildman–Crippen MR) is 74.7 cm³/mol. The summed E-state index contributed by atoms with van der Waals surface area (Å²) in [6.45, 7) is 0.395. The molecule has 2 rings (SSSR count). The minimum absolute atomic E-state index is 0.118. The number of carbonyl (C=O) groups excluding carboxylic acids is 1. The van der Waals surface area contributed by atoms with Crippen LogP contribution >= 0.6 is 11.8 Å². The van der Waals surface area contributed by atoms with Crippen LogP contribution in [0, 0.1) is 0 Å². The van der Waals surface area contributed by atoms with Gasteiger partial charge in [0.1, 0.15) is 4.91 Å². The fourth-order valence-corrected chi connectivity index (χ4v) is 2.29.